The minimum atomic E-state index is -0.0503. The number of nitrogens with zero attached hydrogens (tertiary/aromatic N) is 3. The quantitative estimate of drug-likeness (QED) is 0.883. The summed E-state index contributed by atoms with van der Waals surface area (Å²) in [5, 5.41) is 6.53. The molecule has 22 heavy (non-hydrogen) atoms. The number of hydrogen-bond acceptors (Lipinski definition) is 6. The first-order valence-corrected chi connectivity index (χ1v) is 7.92. The van der Waals surface area contributed by atoms with E-state index in [2.05, 4.69) is 27.2 Å². The summed E-state index contributed by atoms with van der Waals surface area (Å²) in [6, 6.07) is 2.62. The third-order valence-corrected chi connectivity index (χ3v) is 4.60. The second kappa shape index (κ2) is 6.76. The molecule has 0 aliphatic carbocycles. The fraction of sp³-hybridized carbons (Fsp3) is 0.733. The molecule has 7 nitrogen and oxygen atoms in total. The van der Waals surface area contributed by atoms with E-state index in [1.54, 1.807) is 6.07 Å². The molecule has 2 aliphatic heterocycles. The monoisotopic (exact) mass is 308 g/mol. The SMILES string of the molecule is Cc1cc(NC(=O)CN2CC[C@@H](N3CCOCC3)[C@H]2C)on1. The van der Waals surface area contributed by atoms with Gasteiger partial charge in [0.15, 0.2) is 0 Å². The molecule has 1 aromatic heterocycles. The molecule has 2 saturated heterocycles. The summed E-state index contributed by atoms with van der Waals surface area (Å²) in [6.45, 7) is 8.99. The lowest BCUT2D eigenvalue weighted by atomic mass is 10.1. The molecule has 2 fully saturated rings. The van der Waals surface area contributed by atoms with Crippen molar-refractivity contribution >= 4 is 11.8 Å². The van der Waals surface area contributed by atoms with E-state index in [9.17, 15) is 4.79 Å². The lowest BCUT2D eigenvalue weighted by Crippen LogP contribution is -2.49. The van der Waals surface area contributed by atoms with Gasteiger partial charge in [-0.25, -0.2) is 0 Å². The van der Waals surface area contributed by atoms with E-state index in [0.29, 0.717) is 24.5 Å². The number of amides is 1. The van der Waals surface area contributed by atoms with Crippen LogP contribution in [0.3, 0.4) is 0 Å². The summed E-state index contributed by atoms with van der Waals surface area (Å²) in [7, 11) is 0. The zero-order valence-electron chi connectivity index (χ0n) is 13.2. The maximum absolute atomic E-state index is 12.1. The van der Waals surface area contributed by atoms with Gasteiger partial charge >= 0.3 is 0 Å². The first kappa shape index (κ1) is 15.5. The van der Waals surface area contributed by atoms with Crippen molar-refractivity contribution in [2.24, 2.45) is 0 Å². The van der Waals surface area contributed by atoms with E-state index in [4.69, 9.17) is 9.26 Å². The molecule has 0 spiro atoms. The Hall–Kier alpha value is -1.44. The number of nitrogens with one attached hydrogen (secondary N) is 1. The van der Waals surface area contributed by atoms with Gasteiger partial charge in [0.05, 0.1) is 25.5 Å². The van der Waals surface area contributed by atoms with Crippen molar-refractivity contribution in [1.29, 1.82) is 0 Å². The van der Waals surface area contributed by atoms with Gasteiger partial charge < -0.3 is 9.26 Å². The van der Waals surface area contributed by atoms with Crippen LogP contribution in [0.25, 0.3) is 0 Å². The highest BCUT2D eigenvalue weighted by atomic mass is 16.5. The highest BCUT2D eigenvalue weighted by Crippen LogP contribution is 2.23. The predicted molar refractivity (Wildman–Crippen MR) is 81.7 cm³/mol. The molecule has 0 aromatic carbocycles. The summed E-state index contributed by atoms with van der Waals surface area (Å²) in [6.07, 6.45) is 1.11. The lowest BCUT2D eigenvalue weighted by molar-refractivity contribution is -0.117. The fourth-order valence-electron chi connectivity index (χ4n) is 3.39. The average Bonchev–Trinajstić information content (AvgIpc) is 3.07. The second-order valence-corrected chi connectivity index (χ2v) is 6.10. The van der Waals surface area contributed by atoms with E-state index >= 15 is 0 Å². The van der Waals surface area contributed by atoms with Crippen LogP contribution in [0.15, 0.2) is 10.6 Å². The number of carbonyl (C=O) groups excluding carboxylic acids is 1. The van der Waals surface area contributed by atoms with Gasteiger partial charge in [-0.15, -0.1) is 0 Å². The van der Waals surface area contributed by atoms with Crippen LogP contribution in [0.4, 0.5) is 5.88 Å². The zero-order chi connectivity index (χ0) is 15.5. The molecule has 0 bridgehead atoms. The lowest BCUT2D eigenvalue weighted by Gasteiger charge is -2.35. The van der Waals surface area contributed by atoms with Crippen molar-refractivity contribution in [3.63, 3.8) is 0 Å². The Balaban J connectivity index is 1.51. The van der Waals surface area contributed by atoms with E-state index in [0.717, 1.165) is 45.0 Å². The molecule has 122 valence electrons. The molecule has 3 rings (SSSR count). The van der Waals surface area contributed by atoms with E-state index < -0.39 is 0 Å². The largest absolute Gasteiger partial charge is 0.379 e. The van der Waals surface area contributed by atoms with Gasteiger partial charge in [0.1, 0.15) is 0 Å². The highest BCUT2D eigenvalue weighted by molar-refractivity contribution is 5.91. The van der Waals surface area contributed by atoms with Gasteiger partial charge in [0.2, 0.25) is 11.8 Å². The summed E-state index contributed by atoms with van der Waals surface area (Å²) in [5.74, 6) is 0.365. The minimum absolute atomic E-state index is 0.0503. The van der Waals surface area contributed by atoms with Crippen LogP contribution in [0.5, 0.6) is 0 Å². The second-order valence-electron chi connectivity index (χ2n) is 6.10. The number of aryl methyl sites for hydroxylation is 1. The Morgan fingerprint density at radius 3 is 2.86 bits per heavy atom. The minimum Gasteiger partial charge on any atom is -0.379 e. The number of aromatic nitrogens is 1. The normalized spacial score (nSPS) is 27.2. The Labute approximate surface area is 130 Å². The molecule has 3 heterocycles. The Kier molecular flexibility index (Phi) is 4.75. The smallest absolute Gasteiger partial charge is 0.240 e. The van der Waals surface area contributed by atoms with Crippen LogP contribution in [0.1, 0.15) is 19.0 Å². The summed E-state index contributed by atoms with van der Waals surface area (Å²) in [4.78, 5) is 16.9. The van der Waals surface area contributed by atoms with Crippen molar-refractivity contribution in [3.05, 3.63) is 11.8 Å². The number of hydrogen-bond donors (Lipinski definition) is 1. The fourth-order valence-corrected chi connectivity index (χ4v) is 3.39. The van der Waals surface area contributed by atoms with Crippen molar-refractivity contribution in [2.75, 3.05) is 44.7 Å². The van der Waals surface area contributed by atoms with Crippen LogP contribution in [-0.4, -0.2) is 72.3 Å². The molecule has 2 aliphatic rings. The van der Waals surface area contributed by atoms with Crippen molar-refractivity contribution in [1.82, 2.24) is 15.0 Å². The number of anilines is 1. The molecular formula is C15H24N4O3. The number of ether oxygens (including phenoxy) is 1. The Morgan fingerprint density at radius 1 is 1.41 bits per heavy atom. The van der Waals surface area contributed by atoms with Gasteiger partial charge in [0.25, 0.3) is 0 Å². The van der Waals surface area contributed by atoms with E-state index in [-0.39, 0.29) is 5.91 Å². The molecule has 2 atom stereocenters. The first-order chi connectivity index (χ1) is 10.6. The van der Waals surface area contributed by atoms with Gasteiger partial charge in [0, 0.05) is 37.8 Å². The van der Waals surface area contributed by atoms with Gasteiger partial charge in [-0.1, -0.05) is 5.16 Å². The number of carbonyl (C=O) groups is 1. The van der Waals surface area contributed by atoms with Crippen LogP contribution in [0, 0.1) is 6.92 Å². The number of rotatable bonds is 4. The molecule has 0 radical (unpaired) electrons. The average molecular weight is 308 g/mol. The number of likely N-dealkylation sites (tertiary alicyclic amines) is 1. The maximum Gasteiger partial charge on any atom is 0.240 e. The highest BCUT2D eigenvalue weighted by Gasteiger charge is 2.36. The summed E-state index contributed by atoms with van der Waals surface area (Å²) in [5.41, 5.74) is 0.761. The third kappa shape index (κ3) is 3.48. The summed E-state index contributed by atoms with van der Waals surface area (Å²) >= 11 is 0. The van der Waals surface area contributed by atoms with Gasteiger partial charge in [-0.3, -0.25) is 19.9 Å². The van der Waals surface area contributed by atoms with E-state index in [1.807, 2.05) is 6.92 Å². The first-order valence-electron chi connectivity index (χ1n) is 7.92. The van der Waals surface area contributed by atoms with Crippen molar-refractivity contribution in [2.45, 2.75) is 32.4 Å². The molecule has 0 unspecified atom stereocenters. The van der Waals surface area contributed by atoms with Gasteiger partial charge in [-0.2, -0.15) is 0 Å². The summed E-state index contributed by atoms with van der Waals surface area (Å²) < 4.78 is 10.4. The van der Waals surface area contributed by atoms with Crippen molar-refractivity contribution in [3.8, 4) is 0 Å². The standard InChI is InChI=1S/C15H24N4O3/c1-11-9-15(22-17-11)16-14(20)10-19-4-3-13(12(19)2)18-5-7-21-8-6-18/h9,12-13H,3-8,10H2,1-2H3,(H,16,20)/t12-,13-/m1/s1. The maximum atomic E-state index is 12.1. The van der Waals surface area contributed by atoms with Crippen LogP contribution < -0.4 is 5.32 Å². The Morgan fingerprint density at radius 2 is 2.18 bits per heavy atom. The van der Waals surface area contributed by atoms with Crippen LogP contribution in [-0.2, 0) is 9.53 Å². The molecular weight excluding hydrogens is 284 g/mol. The Bertz CT molecular complexity index is 513. The third-order valence-electron chi connectivity index (χ3n) is 4.60. The zero-order valence-corrected chi connectivity index (χ0v) is 13.2. The van der Waals surface area contributed by atoms with Crippen molar-refractivity contribution < 1.29 is 14.1 Å². The molecule has 1 amide bonds. The predicted octanol–water partition coefficient (Wildman–Crippen LogP) is 0.717. The van der Waals surface area contributed by atoms with Gasteiger partial charge in [-0.05, 0) is 20.3 Å². The van der Waals surface area contributed by atoms with Crippen LogP contribution >= 0.6 is 0 Å². The van der Waals surface area contributed by atoms with Crippen LogP contribution in [0.2, 0.25) is 0 Å². The topological polar surface area (TPSA) is 70.8 Å². The van der Waals surface area contributed by atoms with E-state index in [1.165, 1.54) is 0 Å². The molecule has 0 saturated carbocycles. The molecule has 1 aromatic rings. The molecule has 1 N–H and O–H groups in total. The molecule has 7 heteroatoms. The number of morpholine rings is 1.